The third kappa shape index (κ3) is 3.46. The summed E-state index contributed by atoms with van der Waals surface area (Å²) in [6.07, 6.45) is 15.4. The number of fused-ring (bicyclic) bond motifs is 4. The molecule has 0 saturated heterocycles. The highest BCUT2D eigenvalue weighted by Gasteiger charge is 2.56. The second-order valence-electron chi connectivity index (χ2n) is 12.6. The first-order valence-electron chi connectivity index (χ1n) is 13.2. The first-order valence-corrected chi connectivity index (χ1v) is 13.2. The fourth-order valence-corrected chi connectivity index (χ4v) is 8.52. The van der Waals surface area contributed by atoms with Gasteiger partial charge in [-0.15, -0.1) is 0 Å². The monoisotopic (exact) mass is 412 g/mol. The van der Waals surface area contributed by atoms with Gasteiger partial charge in [0.15, 0.2) is 0 Å². The highest BCUT2D eigenvalue weighted by molar-refractivity contribution is 5.35. The molecule has 0 aromatic rings. The van der Waals surface area contributed by atoms with Crippen molar-refractivity contribution < 1.29 is 5.11 Å². The predicted octanol–water partition coefficient (Wildman–Crippen LogP) is 7.80. The summed E-state index contributed by atoms with van der Waals surface area (Å²) in [7, 11) is 0. The molecule has 0 spiro atoms. The Morgan fingerprint density at radius 1 is 0.933 bits per heavy atom. The van der Waals surface area contributed by atoms with Crippen LogP contribution in [0.1, 0.15) is 99.8 Å². The van der Waals surface area contributed by atoms with Gasteiger partial charge < -0.3 is 5.11 Å². The molecular weight excluding hydrogens is 364 g/mol. The summed E-state index contributed by atoms with van der Waals surface area (Å²) in [5.41, 5.74) is 4.61. The molecule has 2 saturated carbocycles. The number of aliphatic hydroxyl groups excluding tert-OH is 1. The highest BCUT2D eigenvalue weighted by Crippen LogP contribution is 2.66. The lowest BCUT2D eigenvalue weighted by atomic mass is 9.49. The second kappa shape index (κ2) is 8.09. The molecule has 1 nitrogen and oxygen atoms in total. The number of hydrogen-bond acceptors (Lipinski definition) is 1. The Bertz CT molecular complexity index is 701. The van der Waals surface area contributed by atoms with Crippen molar-refractivity contribution in [2.75, 3.05) is 0 Å². The zero-order chi connectivity index (χ0) is 21.8. The number of allylic oxidation sites excluding steroid dienone is 4. The number of hydrogen-bond donors (Lipinski definition) is 1. The van der Waals surface area contributed by atoms with E-state index in [2.05, 4.69) is 60.6 Å². The van der Waals surface area contributed by atoms with Gasteiger partial charge in [0.2, 0.25) is 0 Å². The summed E-state index contributed by atoms with van der Waals surface area (Å²) in [5.74, 6) is 4.93. The van der Waals surface area contributed by atoms with E-state index in [0.717, 1.165) is 24.2 Å². The van der Waals surface area contributed by atoms with E-state index in [4.69, 9.17) is 0 Å². The van der Waals surface area contributed by atoms with Crippen LogP contribution in [0.2, 0.25) is 0 Å². The number of aliphatic hydroxyl groups is 1. The van der Waals surface area contributed by atoms with Gasteiger partial charge in [-0.25, -0.2) is 0 Å². The van der Waals surface area contributed by atoms with Gasteiger partial charge in [-0.1, -0.05) is 71.8 Å². The molecule has 30 heavy (non-hydrogen) atoms. The summed E-state index contributed by atoms with van der Waals surface area (Å²) < 4.78 is 0. The van der Waals surface area contributed by atoms with Gasteiger partial charge in [0, 0.05) is 0 Å². The van der Waals surface area contributed by atoms with E-state index in [9.17, 15) is 5.11 Å². The Kier molecular flexibility index (Phi) is 6.10. The number of rotatable bonds is 4. The molecule has 0 amide bonds. The van der Waals surface area contributed by atoms with Gasteiger partial charge in [-0.05, 0) is 104 Å². The highest BCUT2D eigenvalue weighted by atomic mass is 16.3. The van der Waals surface area contributed by atoms with Crippen LogP contribution in [0.25, 0.3) is 0 Å². The van der Waals surface area contributed by atoms with Crippen molar-refractivity contribution in [3.63, 3.8) is 0 Å². The smallest absolute Gasteiger partial charge is 0.0569 e. The van der Waals surface area contributed by atoms with Crippen LogP contribution in [0, 0.1) is 52.3 Å². The first-order chi connectivity index (χ1) is 14.1. The van der Waals surface area contributed by atoms with Crippen LogP contribution < -0.4 is 0 Å². The Labute approximate surface area is 186 Å². The average Bonchev–Trinajstić information content (AvgIpc) is 3.06. The second-order valence-corrected chi connectivity index (χ2v) is 12.6. The Morgan fingerprint density at radius 3 is 2.37 bits per heavy atom. The third-order valence-electron chi connectivity index (χ3n) is 11.0. The van der Waals surface area contributed by atoms with Crippen molar-refractivity contribution in [2.45, 2.75) is 106 Å². The summed E-state index contributed by atoms with van der Waals surface area (Å²) >= 11 is 0. The molecule has 4 aliphatic carbocycles. The Hall–Kier alpha value is -0.560. The Balaban J connectivity index is 1.58. The zero-order valence-electron chi connectivity index (χ0n) is 20.9. The molecule has 1 N–H and O–H groups in total. The maximum atomic E-state index is 10.5. The zero-order valence-corrected chi connectivity index (χ0v) is 20.9. The van der Waals surface area contributed by atoms with E-state index < -0.39 is 0 Å². The molecule has 0 bridgehead atoms. The lowest BCUT2D eigenvalue weighted by Gasteiger charge is -2.56. The van der Waals surface area contributed by atoms with Crippen LogP contribution in [0.15, 0.2) is 23.3 Å². The normalized spacial score (nSPS) is 46.0. The van der Waals surface area contributed by atoms with Crippen molar-refractivity contribution >= 4 is 0 Å². The lowest BCUT2D eigenvalue weighted by Crippen LogP contribution is -2.49. The molecule has 170 valence electrons. The molecule has 9 atom stereocenters. The van der Waals surface area contributed by atoms with E-state index in [1.54, 1.807) is 0 Å². The first kappa shape index (κ1) is 22.6. The van der Waals surface area contributed by atoms with E-state index in [0.29, 0.717) is 34.5 Å². The summed E-state index contributed by atoms with van der Waals surface area (Å²) in [6.45, 7) is 17.1. The molecular formula is C29H48O. The topological polar surface area (TPSA) is 20.2 Å². The maximum absolute atomic E-state index is 10.5. The minimum Gasteiger partial charge on any atom is -0.393 e. The quantitative estimate of drug-likeness (QED) is 0.467. The summed E-state index contributed by atoms with van der Waals surface area (Å²) in [5, 5.41) is 10.5. The minimum absolute atomic E-state index is 0.0733. The lowest BCUT2D eigenvalue weighted by molar-refractivity contribution is -0.0332. The summed E-state index contributed by atoms with van der Waals surface area (Å²) in [6, 6.07) is 0. The minimum atomic E-state index is -0.0733. The summed E-state index contributed by atoms with van der Waals surface area (Å²) in [4.78, 5) is 0. The van der Waals surface area contributed by atoms with Gasteiger partial charge in [-0.2, -0.15) is 0 Å². The standard InChI is InChI=1S/C29H48O/c1-18(2)19(3)8-9-20(4)23-12-13-25-22-10-11-24-21(5)27(30)15-17-29(24,7)26(22)14-16-28(23,25)6/h8-9,18-21,23-25,27,30H,10-17H2,1-7H3/b9-8+/t19?,20-,21+,23-,24+,25+,27+,28-,29+/m1/s1. The van der Waals surface area contributed by atoms with Crippen molar-refractivity contribution in [2.24, 2.45) is 52.3 Å². The largest absolute Gasteiger partial charge is 0.393 e. The fourth-order valence-electron chi connectivity index (χ4n) is 8.52. The van der Waals surface area contributed by atoms with Crippen LogP contribution in [-0.2, 0) is 0 Å². The molecule has 4 rings (SSSR count). The molecule has 0 aliphatic heterocycles. The van der Waals surface area contributed by atoms with Crippen LogP contribution in [-0.4, -0.2) is 11.2 Å². The molecule has 4 aliphatic rings. The van der Waals surface area contributed by atoms with E-state index in [1.807, 2.05) is 11.1 Å². The average molecular weight is 413 g/mol. The van der Waals surface area contributed by atoms with Crippen molar-refractivity contribution in [3.05, 3.63) is 23.3 Å². The van der Waals surface area contributed by atoms with Crippen molar-refractivity contribution in [3.8, 4) is 0 Å². The molecule has 0 radical (unpaired) electrons. The maximum Gasteiger partial charge on any atom is 0.0569 e. The van der Waals surface area contributed by atoms with E-state index >= 15 is 0 Å². The van der Waals surface area contributed by atoms with Crippen LogP contribution >= 0.6 is 0 Å². The molecule has 2 fully saturated rings. The van der Waals surface area contributed by atoms with Gasteiger partial charge in [0.1, 0.15) is 0 Å². The van der Waals surface area contributed by atoms with Crippen LogP contribution in [0.3, 0.4) is 0 Å². The van der Waals surface area contributed by atoms with Crippen molar-refractivity contribution in [1.82, 2.24) is 0 Å². The van der Waals surface area contributed by atoms with E-state index in [-0.39, 0.29) is 6.10 Å². The molecule has 1 heteroatoms. The molecule has 0 aromatic heterocycles. The van der Waals surface area contributed by atoms with Crippen LogP contribution in [0.5, 0.6) is 0 Å². The third-order valence-corrected chi connectivity index (χ3v) is 11.0. The molecule has 0 aromatic carbocycles. The van der Waals surface area contributed by atoms with Gasteiger partial charge in [0.05, 0.1) is 6.10 Å². The van der Waals surface area contributed by atoms with E-state index in [1.165, 1.54) is 44.9 Å². The molecule has 1 unspecified atom stereocenters. The van der Waals surface area contributed by atoms with Gasteiger partial charge >= 0.3 is 0 Å². The van der Waals surface area contributed by atoms with Gasteiger partial charge in [-0.3, -0.25) is 0 Å². The predicted molar refractivity (Wildman–Crippen MR) is 128 cm³/mol. The Morgan fingerprint density at radius 2 is 1.67 bits per heavy atom. The fraction of sp³-hybridized carbons (Fsp3) is 0.862. The van der Waals surface area contributed by atoms with Gasteiger partial charge in [0.25, 0.3) is 0 Å². The molecule has 0 heterocycles. The van der Waals surface area contributed by atoms with Crippen molar-refractivity contribution in [1.29, 1.82) is 0 Å². The SMILES string of the molecule is CC(C)C(C)/C=C/[C@@H](C)[C@H]1CC[C@H]2C3=C(CC[C@]12C)[C@@]1(C)CC[C@H](O)[C@@H](C)[C@@H]1CC3. The van der Waals surface area contributed by atoms with Crippen LogP contribution in [0.4, 0.5) is 0 Å².